The molecule has 0 unspecified atom stereocenters. The van der Waals surface area contributed by atoms with Crippen LogP contribution in [0.1, 0.15) is 33.9 Å². The molecular weight excluding hydrogens is 428 g/mol. The minimum Gasteiger partial charge on any atom is -0.497 e. The first kappa shape index (κ1) is 21.7. The normalized spacial score (nSPS) is 15.3. The van der Waals surface area contributed by atoms with E-state index in [9.17, 15) is 4.79 Å². The highest BCUT2D eigenvalue weighted by molar-refractivity contribution is 6.33. The van der Waals surface area contributed by atoms with Gasteiger partial charge in [0.2, 0.25) is 0 Å². The molecule has 0 spiro atoms. The lowest BCUT2D eigenvalue weighted by Gasteiger charge is -2.22. The van der Waals surface area contributed by atoms with E-state index < -0.39 is 0 Å². The van der Waals surface area contributed by atoms with Crippen LogP contribution in [0.3, 0.4) is 0 Å². The molecule has 6 nitrogen and oxygen atoms in total. The highest BCUT2D eigenvalue weighted by Crippen LogP contribution is 2.38. The molecule has 32 heavy (non-hydrogen) atoms. The third-order valence-corrected chi connectivity index (χ3v) is 5.77. The Morgan fingerprint density at radius 3 is 2.28 bits per heavy atom. The van der Waals surface area contributed by atoms with Gasteiger partial charge in [-0.3, -0.25) is 4.79 Å². The molecule has 0 saturated carbocycles. The number of ether oxygens (including phenoxy) is 3. The van der Waals surface area contributed by atoms with Crippen molar-refractivity contribution in [2.75, 3.05) is 21.3 Å². The van der Waals surface area contributed by atoms with Gasteiger partial charge in [0.15, 0.2) is 0 Å². The molecule has 0 saturated heterocycles. The Morgan fingerprint density at radius 1 is 0.938 bits per heavy atom. The predicted octanol–water partition coefficient (Wildman–Crippen LogP) is 5.36. The van der Waals surface area contributed by atoms with Crippen molar-refractivity contribution in [3.05, 3.63) is 88.4 Å². The summed E-state index contributed by atoms with van der Waals surface area (Å²) in [5.41, 5.74) is 2.84. The Hall–Kier alpha value is -3.51. The summed E-state index contributed by atoms with van der Waals surface area (Å²) in [6.45, 7) is 0. The van der Waals surface area contributed by atoms with Crippen molar-refractivity contribution < 1.29 is 19.0 Å². The minimum atomic E-state index is -0.310. The quantitative estimate of drug-likeness (QED) is 0.507. The maximum Gasteiger partial charge on any atom is 0.276 e. The molecule has 3 aromatic rings. The van der Waals surface area contributed by atoms with Crippen molar-refractivity contribution in [2.24, 2.45) is 5.10 Å². The standard InChI is InChI=1S/C25H23ClN2O4/c1-30-17-10-8-16(9-11-17)23-15-22(20-14-18(31-2)12-13-24(20)32-3)27-28(23)25(29)19-6-4-5-7-21(19)26/h4-14,23H,15H2,1-3H3/t23-/m1/s1. The second kappa shape index (κ2) is 9.32. The molecule has 0 aliphatic carbocycles. The maximum atomic E-state index is 13.5. The van der Waals surface area contributed by atoms with Crippen LogP contribution in [0.5, 0.6) is 17.2 Å². The largest absolute Gasteiger partial charge is 0.497 e. The monoisotopic (exact) mass is 450 g/mol. The Kier molecular flexibility index (Phi) is 6.32. The molecule has 0 radical (unpaired) electrons. The van der Waals surface area contributed by atoms with Crippen molar-refractivity contribution in [1.29, 1.82) is 0 Å². The SMILES string of the molecule is COc1ccc([C@H]2CC(c3cc(OC)ccc3OC)=NN2C(=O)c2ccccc2Cl)cc1. The first-order chi connectivity index (χ1) is 15.5. The second-order valence-corrected chi connectivity index (χ2v) is 7.64. The number of nitrogens with zero attached hydrogens (tertiary/aromatic N) is 2. The number of methoxy groups -OCH3 is 3. The zero-order valence-corrected chi connectivity index (χ0v) is 18.8. The molecular formula is C25H23ClN2O4. The minimum absolute atomic E-state index is 0.270. The van der Waals surface area contributed by atoms with Crippen molar-refractivity contribution in [2.45, 2.75) is 12.5 Å². The van der Waals surface area contributed by atoms with Gasteiger partial charge in [0.05, 0.1) is 43.7 Å². The van der Waals surface area contributed by atoms with E-state index in [1.807, 2.05) is 42.5 Å². The number of hydrogen-bond acceptors (Lipinski definition) is 5. The zero-order chi connectivity index (χ0) is 22.7. The fourth-order valence-corrected chi connectivity index (χ4v) is 3.96. The smallest absolute Gasteiger partial charge is 0.276 e. The van der Waals surface area contributed by atoms with Gasteiger partial charge in [0, 0.05) is 12.0 Å². The summed E-state index contributed by atoms with van der Waals surface area (Å²) in [5.74, 6) is 1.81. The lowest BCUT2D eigenvalue weighted by molar-refractivity contribution is 0.0711. The summed E-state index contributed by atoms with van der Waals surface area (Å²) in [5, 5.41) is 6.62. The van der Waals surface area contributed by atoms with Gasteiger partial charge in [-0.2, -0.15) is 5.10 Å². The molecule has 7 heteroatoms. The molecule has 164 valence electrons. The van der Waals surface area contributed by atoms with E-state index in [0.717, 1.165) is 22.6 Å². The lowest BCUT2D eigenvalue weighted by Crippen LogP contribution is -2.27. The van der Waals surface area contributed by atoms with Gasteiger partial charge in [-0.05, 0) is 48.0 Å². The summed E-state index contributed by atoms with van der Waals surface area (Å²) in [6, 6.07) is 19.8. The van der Waals surface area contributed by atoms with Crippen LogP contribution in [0.15, 0.2) is 71.8 Å². The molecule has 0 aromatic heterocycles. The molecule has 0 N–H and O–H groups in total. The van der Waals surface area contributed by atoms with E-state index >= 15 is 0 Å². The number of benzene rings is 3. The first-order valence-corrected chi connectivity index (χ1v) is 10.5. The van der Waals surface area contributed by atoms with Crippen molar-refractivity contribution in [3.63, 3.8) is 0 Å². The molecule has 1 amide bonds. The van der Waals surface area contributed by atoms with Crippen LogP contribution >= 0.6 is 11.6 Å². The van der Waals surface area contributed by atoms with Gasteiger partial charge < -0.3 is 14.2 Å². The average molecular weight is 451 g/mol. The molecule has 1 atom stereocenters. The van der Waals surface area contributed by atoms with E-state index in [1.54, 1.807) is 45.6 Å². The molecule has 4 rings (SSSR count). The van der Waals surface area contributed by atoms with Crippen LogP contribution in [0.2, 0.25) is 5.02 Å². The van der Waals surface area contributed by atoms with Crippen LogP contribution in [-0.4, -0.2) is 38.0 Å². The fourth-order valence-electron chi connectivity index (χ4n) is 3.74. The number of halogens is 1. The summed E-state index contributed by atoms with van der Waals surface area (Å²) in [4.78, 5) is 13.5. The molecule has 0 bridgehead atoms. The van der Waals surface area contributed by atoms with Gasteiger partial charge in [-0.15, -0.1) is 0 Å². The summed E-state index contributed by atoms with van der Waals surface area (Å²) >= 11 is 6.32. The predicted molar refractivity (Wildman–Crippen MR) is 124 cm³/mol. The van der Waals surface area contributed by atoms with Gasteiger partial charge in [-0.1, -0.05) is 35.9 Å². The number of carbonyl (C=O) groups is 1. The molecule has 0 fully saturated rings. The van der Waals surface area contributed by atoms with Crippen molar-refractivity contribution >= 4 is 23.2 Å². The Labute approximate surface area is 192 Å². The molecule has 3 aromatic carbocycles. The van der Waals surface area contributed by atoms with E-state index in [1.165, 1.54) is 5.01 Å². The van der Waals surface area contributed by atoms with Crippen LogP contribution in [0, 0.1) is 0 Å². The highest BCUT2D eigenvalue weighted by Gasteiger charge is 2.35. The highest BCUT2D eigenvalue weighted by atomic mass is 35.5. The third-order valence-electron chi connectivity index (χ3n) is 5.44. The van der Waals surface area contributed by atoms with Gasteiger partial charge in [0.25, 0.3) is 5.91 Å². The second-order valence-electron chi connectivity index (χ2n) is 7.24. The molecule has 1 aliphatic heterocycles. The van der Waals surface area contributed by atoms with Crippen LogP contribution < -0.4 is 14.2 Å². The third kappa shape index (κ3) is 4.14. The fraction of sp³-hybridized carbons (Fsp3) is 0.200. The van der Waals surface area contributed by atoms with Crippen LogP contribution in [-0.2, 0) is 0 Å². The summed E-state index contributed by atoms with van der Waals surface area (Å²) in [7, 11) is 4.83. The van der Waals surface area contributed by atoms with Crippen molar-refractivity contribution in [1.82, 2.24) is 5.01 Å². The number of rotatable bonds is 6. The average Bonchev–Trinajstić information content (AvgIpc) is 3.29. The van der Waals surface area contributed by atoms with E-state index in [2.05, 4.69) is 0 Å². The number of hydrogen-bond donors (Lipinski definition) is 0. The lowest BCUT2D eigenvalue weighted by atomic mass is 9.97. The van der Waals surface area contributed by atoms with E-state index in [4.69, 9.17) is 30.9 Å². The van der Waals surface area contributed by atoms with Crippen LogP contribution in [0.4, 0.5) is 0 Å². The van der Waals surface area contributed by atoms with Crippen LogP contribution in [0.25, 0.3) is 0 Å². The topological polar surface area (TPSA) is 60.4 Å². The van der Waals surface area contributed by atoms with Gasteiger partial charge >= 0.3 is 0 Å². The first-order valence-electron chi connectivity index (χ1n) is 10.1. The number of amides is 1. The molecule has 1 aliphatic rings. The van der Waals surface area contributed by atoms with Gasteiger partial charge in [0.1, 0.15) is 17.2 Å². The summed E-state index contributed by atoms with van der Waals surface area (Å²) < 4.78 is 16.2. The summed E-state index contributed by atoms with van der Waals surface area (Å²) in [6.07, 6.45) is 0.506. The molecule has 1 heterocycles. The zero-order valence-electron chi connectivity index (χ0n) is 18.0. The number of carbonyl (C=O) groups excluding carboxylic acids is 1. The van der Waals surface area contributed by atoms with Gasteiger partial charge in [-0.25, -0.2) is 5.01 Å². The van der Waals surface area contributed by atoms with E-state index in [0.29, 0.717) is 28.5 Å². The Morgan fingerprint density at radius 2 is 1.62 bits per heavy atom. The maximum absolute atomic E-state index is 13.5. The Balaban J connectivity index is 1.79. The van der Waals surface area contributed by atoms with Crippen molar-refractivity contribution in [3.8, 4) is 17.2 Å². The van der Waals surface area contributed by atoms with E-state index in [-0.39, 0.29) is 11.9 Å². The number of hydrazone groups is 1. The Bertz CT molecular complexity index is 1160.